The Morgan fingerprint density at radius 1 is 1.17 bits per heavy atom. The first-order chi connectivity index (χ1) is 14.0. The molecule has 8 heteroatoms. The largest absolute Gasteiger partial charge is 0.507 e. The number of rotatable bonds is 6. The number of hydrogen-bond donors (Lipinski definition) is 2. The molecule has 1 fully saturated rings. The van der Waals surface area contributed by atoms with Crippen LogP contribution < -0.4 is 5.43 Å². The van der Waals surface area contributed by atoms with Gasteiger partial charge in [-0.05, 0) is 23.8 Å². The highest BCUT2D eigenvalue weighted by Gasteiger charge is 2.18. The average molecular weight is 395 g/mol. The van der Waals surface area contributed by atoms with Crippen LogP contribution in [0.25, 0.3) is 4.85 Å². The minimum atomic E-state index is -0.490. The van der Waals surface area contributed by atoms with Gasteiger partial charge in [-0.2, -0.15) is 5.10 Å². The minimum Gasteiger partial charge on any atom is -0.507 e. The third-order valence-electron chi connectivity index (χ3n) is 4.69. The molecule has 1 saturated heterocycles. The van der Waals surface area contributed by atoms with Crippen molar-refractivity contribution in [3.05, 3.63) is 70.8 Å². The van der Waals surface area contributed by atoms with Crippen molar-refractivity contribution < 1.29 is 14.3 Å². The molecule has 2 aromatic rings. The van der Waals surface area contributed by atoms with Gasteiger partial charge in [0.25, 0.3) is 5.91 Å². The smallest absolute Gasteiger partial charge is 0.254 e. The summed E-state index contributed by atoms with van der Waals surface area (Å²) in [6.45, 7) is 11.3. The van der Waals surface area contributed by atoms with Crippen molar-refractivity contribution in [1.29, 1.82) is 0 Å². The molecule has 29 heavy (non-hydrogen) atoms. The molecular weight excluding hydrogens is 373 g/mol. The number of carbonyl (C=O) groups excluding carboxylic acids is 1. The summed E-state index contributed by atoms with van der Waals surface area (Å²) in [5, 5.41) is 13.4. The molecule has 0 radical (unpaired) electrons. The molecule has 3 rings (SSSR count). The molecule has 0 aliphatic carbocycles. The SMILES string of the molecule is [C-]#[N+]c1ccc(CN2CCN(CC(=O)N/N=C\c3cc(F)ccc3O)CC2)cc1. The van der Waals surface area contributed by atoms with Crippen LogP contribution in [-0.2, 0) is 11.3 Å². The maximum absolute atomic E-state index is 13.2. The molecule has 1 heterocycles. The van der Waals surface area contributed by atoms with Gasteiger partial charge in [-0.1, -0.05) is 24.3 Å². The second-order valence-electron chi connectivity index (χ2n) is 6.83. The molecule has 0 saturated carbocycles. The lowest BCUT2D eigenvalue weighted by Crippen LogP contribution is -2.48. The number of phenolic OH excluding ortho intramolecular Hbond substituents is 1. The summed E-state index contributed by atoms with van der Waals surface area (Å²) in [6.07, 6.45) is 1.22. The number of phenols is 1. The fourth-order valence-corrected chi connectivity index (χ4v) is 3.08. The molecule has 1 aliphatic rings. The van der Waals surface area contributed by atoms with E-state index in [-0.39, 0.29) is 23.8 Å². The van der Waals surface area contributed by atoms with E-state index in [2.05, 4.69) is 20.3 Å². The predicted molar refractivity (Wildman–Crippen MR) is 108 cm³/mol. The molecule has 150 valence electrons. The van der Waals surface area contributed by atoms with Gasteiger partial charge in [0.15, 0.2) is 5.69 Å². The molecule has 7 nitrogen and oxygen atoms in total. The van der Waals surface area contributed by atoms with Crippen LogP contribution in [0.2, 0.25) is 0 Å². The van der Waals surface area contributed by atoms with Crippen molar-refractivity contribution in [1.82, 2.24) is 15.2 Å². The maximum Gasteiger partial charge on any atom is 0.254 e. The van der Waals surface area contributed by atoms with Gasteiger partial charge in [-0.15, -0.1) is 0 Å². The highest BCUT2D eigenvalue weighted by atomic mass is 19.1. The molecule has 1 amide bonds. The first kappa shape index (κ1) is 20.5. The number of halogens is 1. The van der Waals surface area contributed by atoms with Crippen molar-refractivity contribution in [2.45, 2.75) is 6.54 Å². The van der Waals surface area contributed by atoms with Crippen LogP contribution in [0, 0.1) is 12.4 Å². The first-order valence-electron chi connectivity index (χ1n) is 9.25. The lowest BCUT2D eigenvalue weighted by Gasteiger charge is -2.34. The molecule has 0 spiro atoms. The van der Waals surface area contributed by atoms with Crippen molar-refractivity contribution in [2.75, 3.05) is 32.7 Å². The number of nitrogens with one attached hydrogen (secondary N) is 1. The molecule has 0 bridgehead atoms. The zero-order valence-corrected chi connectivity index (χ0v) is 15.9. The summed E-state index contributed by atoms with van der Waals surface area (Å²) in [4.78, 5) is 19.8. The fourth-order valence-electron chi connectivity index (χ4n) is 3.08. The second-order valence-corrected chi connectivity index (χ2v) is 6.83. The molecule has 0 aromatic heterocycles. The lowest BCUT2D eigenvalue weighted by atomic mass is 10.2. The highest BCUT2D eigenvalue weighted by molar-refractivity contribution is 5.85. The molecule has 1 aliphatic heterocycles. The monoisotopic (exact) mass is 395 g/mol. The Hall–Kier alpha value is -3.28. The van der Waals surface area contributed by atoms with E-state index in [9.17, 15) is 14.3 Å². The number of nitrogens with zero attached hydrogens (tertiary/aromatic N) is 4. The summed E-state index contributed by atoms with van der Waals surface area (Å²) in [6, 6.07) is 11.1. The Labute approximate surface area is 168 Å². The second kappa shape index (κ2) is 9.78. The fraction of sp³-hybridized carbons (Fsp3) is 0.286. The zero-order chi connectivity index (χ0) is 20.6. The number of benzene rings is 2. The third-order valence-corrected chi connectivity index (χ3v) is 4.69. The molecule has 2 aromatic carbocycles. The number of amides is 1. The zero-order valence-electron chi connectivity index (χ0n) is 15.9. The number of hydrogen-bond acceptors (Lipinski definition) is 5. The van der Waals surface area contributed by atoms with Gasteiger partial charge in [-0.25, -0.2) is 14.7 Å². The topological polar surface area (TPSA) is 72.5 Å². The number of hydrazone groups is 1. The van der Waals surface area contributed by atoms with E-state index in [1.807, 2.05) is 29.2 Å². The van der Waals surface area contributed by atoms with Crippen molar-refractivity contribution in [3.8, 4) is 5.75 Å². The first-order valence-corrected chi connectivity index (χ1v) is 9.25. The van der Waals surface area contributed by atoms with E-state index in [1.165, 1.54) is 17.8 Å². The highest BCUT2D eigenvalue weighted by Crippen LogP contribution is 2.16. The summed E-state index contributed by atoms with van der Waals surface area (Å²) in [7, 11) is 0. The van der Waals surface area contributed by atoms with E-state index in [1.54, 1.807) is 0 Å². The van der Waals surface area contributed by atoms with Crippen molar-refractivity contribution in [3.63, 3.8) is 0 Å². The summed E-state index contributed by atoms with van der Waals surface area (Å²) in [5.41, 5.74) is 4.41. The van der Waals surface area contributed by atoms with E-state index < -0.39 is 5.82 Å². The van der Waals surface area contributed by atoms with Gasteiger partial charge in [0.2, 0.25) is 0 Å². The third kappa shape index (κ3) is 6.10. The van der Waals surface area contributed by atoms with Crippen LogP contribution in [-0.4, -0.2) is 59.8 Å². The number of piperazine rings is 1. The van der Waals surface area contributed by atoms with Gasteiger partial charge in [-0.3, -0.25) is 14.6 Å². The van der Waals surface area contributed by atoms with E-state index in [4.69, 9.17) is 6.57 Å². The van der Waals surface area contributed by atoms with E-state index in [0.29, 0.717) is 5.69 Å². The Morgan fingerprint density at radius 2 is 1.86 bits per heavy atom. The normalized spacial score (nSPS) is 15.3. The Morgan fingerprint density at radius 3 is 2.55 bits per heavy atom. The van der Waals surface area contributed by atoms with Crippen LogP contribution in [0.3, 0.4) is 0 Å². The van der Waals surface area contributed by atoms with Crippen LogP contribution in [0.15, 0.2) is 47.6 Å². The standard InChI is InChI=1S/C21H22FN5O2/c1-23-19-5-2-16(3-6-19)14-26-8-10-27(11-9-26)15-21(29)25-24-13-17-12-18(22)4-7-20(17)28/h2-7,12-13,28H,8-11,14-15H2,(H,25,29)/b24-13-. The maximum atomic E-state index is 13.2. The average Bonchev–Trinajstić information content (AvgIpc) is 2.72. The van der Waals surface area contributed by atoms with Gasteiger partial charge >= 0.3 is 0 Å². The van der Waals surface area contributed by atoms with Gasteiger partial charge < -0.3 is 5.11 Å². The Kier molecular flexibility index (Phi) is 6.89. The van der Waals surface area contributed by atoms with Crippen LogP contribution >= 0.6 is 0 Å². The van der Waals surface area contributed by atoms with E-state index in [0.717, 1.165) is 44.9 Å². The van der Waals surface area contributed by atoms with Gasteiger partial charge in [0.05, 0.1) is 19.3 Å². The van der Waals surface area contributed by atoms with Crippen LogP contribution in [0.4, 0.5) is 10.1 Å². The van der Waals surface area contributed by atoms with Gasteiger partial charge in [0.1, 0.15) is 11.6 Å². The minimum absolute atomic E-state index is 0.107. The Balaban J connectivity index is 1.40. The van der Waals surface area contributed by atoms with Crippen molar-refractivity contribution in [2.24, 2.45) is 5.10 Å². The van der Waals surface area contributed by atoms with Crippen LogP contribution in [0.1, 0.15) is 11.1 Å². The summed E-state index contributed by atoms with van der Waals surface area (Å²) < 4.78 is 13.2. The van der Waals surface area contributed by atoms with E-state index >= 15 is 0 Å². The summed E-state index contributed by atoms with van der Waals surface area (Å²) >= 11 is 0. The number of aromatic hydroxyl groups is 1. The van der Waals surface area contributed by atoms with Crippen molar-refractivity contribution >= 4 is 17.8 Å². The van der Waals surface area contributed by atoms with Crippen LogP contribution in [0.5, 0.6) is 5.75 Å². The predicted octanol–water partition coefficient (Wildman–Crippen LogP) is 2.35. The quantitative estimate of drug-likeness (QED) is 0.447. The molecule has 0 unspecified atom stereocenters. The molecule has 0 atom stereocenters. The molecule has 2 N–H and O–H groups in total. The van der Waals surface area contributed by atoms with Gasteiger partial charge in [0, 0.05) is 38.3 Å². The lowest BCUT2D eigenvalue weighted by molar-refractivity contribution is -0.122. The molecular formula is C21H22FN5O2. The Bertz CT molecular complexity index is 916. The number of carbonyl (C=O) groups is 1. The summed E-state index contributed by atoms with van der Waals surface area (Å²) in [5.74, 6) is -0.861.